The van der Waals surface area contributed by atoms with E-state index in [-0.39, 0.29) is 9.88 Å². The maximum absolute atomic E-state index is 12.0. The van der Waals surface area contributed by atoms with Crippen molar-refractivity contribution < 1.29 is 8.42 Å². The number of rotatable bonds is 3. The Morgan fingerprint density at radius 2 is 1.71 bits per heavy atom. The highest BCUT2D eigenvalue weighted by Crippen LogP contribution is 2.13. The van der Waals surface area contributed by atoms with Crippen LogP contribution in [0.1, 0.15) is 26.3 Å². The van der Waals surface area contributed by atoms with Crippen LogP contribution in [0.4, 0.5) is 0 Å². The third-order valence-electron chi connectivity index (χ3n) is 1.89. The molecular weight excluding hydrogens is 256 g/mol. The molecule has 0 saturated carbocycles. The van der Waals surface area contributed by atoms with Crippen molar-refractivity contribution in [2.24, 2.45) is 5.73 Å². The van der Waals surface area contributed by atoms with Gasteiger partial charge in [0, 0.05) is 11.1 Å². The molecule has 0 atom stereocenters. The summed E-state index contributed by atoms with van der Waals surface area (Å²) in [6.07, 6.45) is 0. The summed E-state index contributed by atoms with van der Waals surface area (Å²) in [7, 11) is -3.49. The van der Waals surface area contributed by atoms with E-state index in [1.54, 1.807) is 32.9 Å². The van der Waals surface area contributed by atoms with Crippen molar-refractivity contribution in [3.8, 4) is 0 Å². The second-order valence-corrected chi connectivity index (χ2v) is 6.87. The molecule has 0 aliphatic heterocycles. The van der Waals surface area contributed by atoms with Crippen LogP contribution in [0.2, 0.25) is 0 Å². The minimum absolute atomic E-state index is 0.201. The van der Waals surface area contributed by atoms with Crippen molar-refractivity contribution in [3.05, 3.63) is 29.8 Å². The van der Waals surface area contributed by atoms with Crippen LogP contribution < -0.4 is 10.5 Å². The van der Waals surface area contributed by atoms with Crippen molar-refractivity contribution >= 4 is 27.2 Å². The molecule has 0 spiro atoms. The van der Waals surface area contributed by atoms with Crippen molar-refractivity contribution in [1.29, 1.82) is 0 Å². The summed E-state index contributed by atoms with van der Waals surface area (Å²) in [5, 5.41) is 0. The maximum atomic E-state index is 12.0. The molecule has 1 aromatic rings. The van der Waals surface area contributed by atoms with Gasteiger partial charge < -0.3 is 5.73 Å². The average Bonchev–Trinajstić information content (AvgIpc) is 2.14. The van der Waals surface area contributed by atoms with Gasteiger partial charge in [-0.1, -0.05) is 24.4 Å². The zero-order chi connectivity index (χ0) is 13.3. The Kier molecular flexibility index (Phi) is 3.91. The number of nitrogens with one attached hydrogen (secondary N) is 1. The Hall–Kier alpha value is -0.980. The number of benzene rings is 1. The second kappa shape index (κ2) is 4.72. The lowest BCUT2D eigenvalue weighted by Gasteiger charge is -2.20. The lowest BCUT2D eigenvalue weighted by Crippen LogP contribution is -2.40. The summed E-state index contributed by atoms with van der Waals surface area (Å²) < 4.78 is 26.5. The molecule has 4 nitrogen and oxygen atoms in total. The van der Waals surface area contributed by atoms with Crippen LogP contribution in [0, 0.1) is 0 Å². The summed E-state index contributed by atoms with van der Waals surface area (Å²) in [6.45, 7) is 5.36. The Balaban J connectivity index is 3.05. The molecule has 94 valence electrons. The quantitative estimate of drug-likeness (QED) is 0.816. The van der Waals surface area contributed by atoms with Gasteiger partial charge in [-0.15, -0.1) is 0 Å². The van der Waals surface area contributed by atoms with E-state index in [1.165, 1.54) is 12.1 Å². The Labute approximate surface area is 107 Å². The van der Waals surface area contributed by atoms with E-state index in [2.05, 4.69) is 4.72 Å². The van der Waals surface area contributed by atoms with E-state index in [1.807, 2.05) is 0 Å². The highest BCUT2D eigenvalue weighted by Gasteiger charge is 2.21. The van der Waals surface area contributed by atoms with E-state index in [9.17, 15) is 8.42 Å². The summed E-state index contributed by atoms with van der Waals surface area (Å²) in [6, 6.07) is 6.17. The molecule has 0 aliphatic rings. The summed E-state index contributed by atoms with van der Waals surface area (Å²) in [4.78, 5) is 0.449. The topological polar surface area (TPSA) is 72.2 Å². The first-order chi connectivity index (χ1) is 7.62. The van der Waals surface area contributed by atoms with Gasteiger partial charge in [-0.2, -0.15) is 0 Å². The number of hydrogen-bond donors (Lipinski definition) is 2. The molecule has 0 radical (unpaired) electrons. The molecule has 0 amide bonds. The van der Waals surface area contributed by atoms with Gasteiger partial charge in [0.05, 0.1) is 4.90 Å². The van der Waals surface area contributed by atoms with Crippen LogP contribution in [0.3, 0.4) is 0 Å². The minimum Gasteiger partial charge on any atom is -0.389 e. The monoisotopic (exact) mass is 272 g/mol. The van der Waals surface area contributed by atoms with Crippen LogP contribution >= 0.6 is 12.2 Å². The molecule has 0 bridgehead atoms. The third-order valence-corrected chi connectivity index (χ3v) is 3.90. The minimum atomic E-state index is -3.49. The van der Waals surface area contributed by atoms with Crippen molar-refractivity contribution in [3.63, 3.8) is 0 Å². The first-order valence-electron chi connectivity index (χ1n) is 5.06. The molecule has 6 heteroatoms. The fourth-order valence-electron chi connectivity index (χ4n) is 1.26. The van der Waals surface area contributed by atoms with E-state index < -0.39 is 15.6 Å². The number of sulfonamides is 1. The molecule has 0 heterocycles. The SMILES string of the molecule is CC(C)(C)NS(=O)(=O)c1ccc(C(N)=S)cc1. The Morgan fingerprint density at radius 1 is 1.24 bits per heavy atom. The predicted octanol–water partition coefficient (Wildman–Crippen LogP) is 1.40. The third kappa shape index (κ3) is 4.07. The van der Waals surface area contributed by atoms with Crippen LogP contribution in [-0.2, 0) is 10.0 Å². The molecule has 0 aliphatic carbocycles. The van der Waals surface area contributed by atoms with Gasteiger partial charge in [-0.3, -0.25) is 0 Å². The van der Waals surface area contributed by atoms with Crippen LogP contribution in [0.25, 0.3) is 0 Å². The van der Waals surface area contributed by atoms with Gasteiger partial charge in [0.15, 0.2) is 0 Å². The van der Waals surface area contributed by atoms with E-state index in [0.717, 1.165) is 0 Å². The van der Waals surface area contributed by atoms with Crippen molar-refractivity contribution in [2.45, 2.75) is 31.2 Å². The normalized spacial score (nSPS) is 12.4. The molecule has 0 unspecified atom stereocenters. The van der Waals surface area contributed by atoms with E-state index in [4.69, 9.17) is 18.0 Å². The van der Waals surface area contributed by atoms with Crippen molar-refractivity contribution in [2.75, 3.05) is 0 Å². The van der Waals surface area contributed by atoms with Gasteiger partial charge >= 0.3 is 0 Å². The summed E-state index contributed by atoms with van der Waals surface area (Å²) >= 11 is 4.80. The smallest absolute Gasteiger partial charge is 0.241 e. The van der Waals surface area contributed by atoms with Crippen LogP contribution in [0.5, 0.6) is 0 Å². The summed E-state index contributed by atoms with van der Waals surface area (Å²) in [5.41, 5.74) is 5.58. The molecule has 1 aromatic carbocycles. The van der Waals surface area contributed by atoms with Crippen LogP contribution in [0.15, 0.2) is 29.2 Å². The fraction of sp³-hybridized carbons (Fsp3) is 0.364. The van der Waals surface area contributed by atoms with Crippen LogP contribution in [-0.4, -0.2) is 18.9 Å². The highest BCUT2D eigenvalue weighted by atomic mass is 32.2. The Bertz CT molecular complexity index is 513. The van der Waals surface area contributed by atoms with Gasteiger partial charge in [0.1, 0.15) is 4.99 Å². The second-order valence-electron chi connectivity index (χ2n) is 4.74. The largest absolute Gasteiger partial charge is 0.389 e. The van der Waals surface area contributed by atoms with Gasteiger partial charge in [0.2, 0.25) is 10.0 Å². The van der Waals surface area contributed by atoms with Gasteiger partial charge in [-0.05, 0) is 32.9 Å². The molecular formula is C11H16N2O2S2. The molecule has 0 fully saturated rings. The van der Waals surface area contributed by atoms with E-state index >= 15 is 0 Å². The van der Waals surface area contributed by atoms with Gasteiger partial charge in [-0.25, -0.2) is 13.1 Å². The predicted molar refractivity (Wildman–Crippen MR) is 72.4 cm³/mol. The fourth-order valence-corrected chi connectivity index (χ4v) is 2.81. The standard InChI is InChI=1S/C11H16N2O2S2/c1-11(2,3)13-17(14,15)9-6-4-8(5-7-9)10(12)16/h4-7,13H,1-3H3,(H2,12,16). The van der Waals surface area contributed by atoms with Gasteiger partial charge in [0.25, 0.3) is 0 Å². The molecule has 1 rings (SSSR count). The zero-order valence-electron chi connectivity index (χ0n) is 10.0. The first kappa shape index (κ1) is 14.1. The number of nitrogens with two attached hydrogens (primary N) is 1. The highest BCUT2D eigenvalue weighted by molar-refractivity contribution is 7.89. The molecule has 0 saturated heterocycles. The lowest BCUT2D eigenvalue weighted by molar-refractivity contribution is 0.491. The molecule has 17 heavy (non-hydrogen) atoms. The maximum Gasteiger partial charge on any atom is 0.241 e. The number of thiocarbonyl (C=S) groups is 1. The van der Waals surface area contributed by atoms with E-state index in [0.29, 0.717) is 5.56 Å². The lowest BCUT2D eigenvalue weighted by atomic mass is 10.1. The van der Waals surface area contributed by atoms with Crippen molar-refractivity contribution in [1.82, 2.24) is 4.72 Å². The summed E-state index contributed by atoms with van der Waals surface area (Å²) in [5.74, 6) is 0. The zero-order valence-corrected chi connectivity index (χ0v) is 11.7. The average molecular weight is 272 g/mol. The molecule has 0 aromatic heterocycles. The Morgan fingerprint density at radius 3 is 2.06 bits per heavy atom. The number of hydrogen-bond acceptors (Lipinski definition) is 3. The molecule has 3 N–H and O–H groups in total. The first-order valence-corrected chi connectivity index (χ1v) is 6.95.